The molecule has 2 heterocycles. The summed E-state index contributed by atoms with van der Waals surface area (Å²) in [5, 5.41) is 2.68. The first-order chi connectivity index (χ1) is 8.91. The minimum Gasteiger partial charge on any atom is -0.373 e. The molecule has 1 unspecified atom stereocenters. The van der Waals surface area contributed by atoms with Gasteiger partial charge in [0.2, 0.25) is 0 Å². The lowest BCUT2D eigenvalue weighted by Gasteiger charge is -2.26. The molecule has 1 atom stereocenters. The predicted octanol–water partition coefficient (Wildman–Crippen LogP) is 3.08. The zero-order valence-corrected chi connectivity index (χ0v) is 11.6. The third-order valence-electron chi connectivity index (χ3n) is 3.21. The van der Waals surface area contributed by atoms with Crippen LogP contribution in [0.4, 0.5) is 24.8 Å². The van der Waals surface area contributed by atoms with Crippen LogP contribution < -0.4 is 10.2 Å². The lowest BCUT2D eigenvalue weighted by molar-refractivity contribution is -0.137. The van der Waals surface area contributed by atoms with Gasteiger partial charge in [0.1, 0.15) is 11.6 Å². The van der Waals surface area contributed by atoms with Gasteiger partial charge in [-0.1, -0.05) is 0 Å². The van der Waals surface area contributed by atoms with Crippen molar-refractivity contribution in [1.82, 2.24) is 4.98 Å². The van der Waals surface area contributed by atoms with Crippen LogP contribution in [0.15, 0.2) is 12.1 Å². The molecule has 1 N–H and O–H groups in total. The van der Waals surface area contributed by atoms with Crippen LogP contribution in [0.2, 0.25) is 0 Å². The Bertz CT molecular complexity index is 444. The topological polar surface area (TPSA) is 28.2 Å². The number of hydrogen-bond acceptors (Lipinski definition) is 4. The van der Waals surface area contributed by atoms with E-state index in [2.05, 4.69) is 10.3 Å². The first-order valence-corrected chi connectivity index (χ1v) is 7.15. The molecule has 3 nitrogen and oxygen atoms in total. The van der Waals surface area contributed by atoms with Gasteiger partial charge in [0, 0.05) is 25.9 Å². The molecule has 0 amide bonds. The van der Waals surface area contributed by atoms with Crippen molar-refractivity contribution in [2.45, 2.75) is 18.6 Å². The van der Waals surface area contributed by atoms with Crippen LogP contribution in [-0.2, 0) is 6.18 Å². The van der Waals surface area contributed by atoms with Gasteiger partial charge in [-0.15, -0.1) is 0 Å². The molecule has 0 aromatic carbocycles. The SMILES string of the molecule is CNc1cc(C(F)(F)F)cc(N(C)C2CCSC2)n1. The first kappa shape index (κ1) is 14.3. The van der Waals surface area contributed by atoms with Crippen molar-refractivity contribution in [3.05, 3.63) is 17.7 Å². The summed E-state index contributed by atoms with van der Waals surface area (Å²) in [6.45, 7) is 0. The third-order valence-corrected chi connectivity index (χ3v) is 4.35. The Morgan fingerprint density at radius 1 is 1.42 bits per heavy atom. The number of pyridine rings is 1. The Labute approximate surface area is 114 Å². The zero-order chi connectivity index (χ0) is 14.0. The minimum atomic E-state index is -4.35. The van der Waals surface area contributed by atoms with Crippen molar-refractivity contribution in [2.24, 2.45) is 0 Å². The lowest BCUT2D eigenvalue weighted by atomic mass is 10.2. The molecule has 106 valence electrons. The van der Waals surface area contributed by atoms with E-state index >= 15 is 0 Å². The van der Waals surface area contributed by atoms with Crippen LogP contribution in [-0.4, -0.2) is 36.6 Å². The van der Waals surface area contributed by atoms with E-state index in [-0.39, 0.29) is 11.9 Å². The standard InChI is InChI=1S/C12H16F3N3S/c1-16-10-5-8(12(13,14)15)6-11(17-10)18(2)9-3-4-19-7-9/h5-6,9H,3-4,7H2,1-2H3,(H,16,17). The summed E-state index contributed by atoms with van der Waals surface area (Å²) in [4.78, 5) is 6.06. The van der Waals surface area contributed by atoms with Gasteiger partial charge in [-0.25, -0.2) is 4.98 Å². The molecule has 19 heavy (non-hydrogen) atoms. The number of nitrogens with zero attached hydrogens (tertiary/aromatic N) is 2. The van der Waals surface area contributed by atoms with Crippen molar-refractivity contribution < 1.29 is 13.2 Å². The maximum Gasteiger partial charge on any atom is 0.416 e. The highest BCUT2D eigenvalue weighted by Crippen LogP contribution is 2.34. The second-order valence-corrected chi connectivity index (χ2v) is 5.63. The number of halogens is 3. The van der Waals surface area contributed by atoms with E-state index in [1.807, 2.05) is 16.7 Å². The zero-order valence-electron chi connectivity index (χ0n) is 10.8. The van der Waals surface area contributed by atoms with Crippen LogP contribution in [0.5, 0.6) is 0 Å². The molecule has 7 heteroatoms. The molecule has 0 radical (unpaired) electrons. The van der Waals surface area contributed by atoms with E-state index in [1.165, 1.54) is 0 Å². The fourth-order valence-corrected chi connectivity index (χ4v) is 3.27. The Morgan fingerprint density at radius 3 is 2.68 bits per heavy atom. The molecule has 1 aliphatic heterocycles. The summed E-state index contributed by atoms with van der Waals surface area (Å²) < 4.78 is 38.5. The van der Waals surface area contributed by atoms with Gasteiger partial charge < -0.3 is 10.2 Å². The molecule has 0 bridgehead atoms. The number of anilines is 2. The molecule has 2 rings (SSSR count). The van der Waals surface area contributed by atoms with E-state index in [9.17, 15) is 13.2 Å². The van der Waals surface area contributed by atoms with Gasteiger partial charge in [-0.05, 0) is 24.3 Å². The summed E-state index contributed by atoms with van der Waals surface area (Å²) in [7, 11) is 3.37. The third kappa shape index (κ3) is 3.26. The van der Waals surface area contributed by atoms with Crippen LogP contribution in [0, 0.1) is 0 Å². The largest absolute Gasteiger partial charge is 0.416 e. The van der Waals surface area contributed by atoms with E-state index in [0.29, 0.717) is 5.82 Å². The molecular weight excluding hydrogens is 275 g/mol. The molecule has 1 aromatic heterocycles. The second kappa shape index (κ2) is 5.48. The quantitative estimate of drug-likeness (QED) is 0.926. The maximum absolute atomic E-state index is 12.8. The Morgan fingerprint density at radius 2 is 2.16 bits per heavy atom. The molecular formula is C12H16F3N3S. The highest BCUT2D eigenvalue weighted by molar-refractivity contribution is 7.99. The summed E-state index contributed by atoms with van der Waals surface area (Å²) in [6, 6.07) is 2.40. The van der Waals surface area contributed by atoms with Crippen LogP contribution >= 0.6 is 11.8 Å². The Hall–Kier alpha value is -1.11. The van der Waals surface area contributed by atoms with Gasteiger partial charge >= 0.3 is 6.18 Å². The molecule has 0 spiro atoms. The number of hydrogen-bond donors (Lipinski definition) is 1. The number of nitrogens with one attached hydrogen (secondary N) is 1. The van der Waals surface area contributed by atoms with Crippen LogP contribution in [0.1, 0.15) is 12.0 Å². The summed E-state index contributed by atoms with van der Waals surface area (Å²) in [6.07, 6.45) is -3.37. The number of rotatable bonds is 3. The van der Waals surface area contributed by atoms with Crippen molar-refractivity contribution in [1.29, 1.82) is 0 Å². The summed E-state index contributed by atoms with van der Waals surface area (Å²) in [5.74, 6) is 2.59. The van der Waals surface area contributed by atoms with E-state index in [4.69, 9.17) is 0 Å². The highest BCUT2D eigenvalue weighted by atomic mass is 32.2. The van der Waals surface area contributed by atoms with Gasteiger partial charge in [0.05, 0.1) is 5.56 Å². The molecule has 1 aliphatic rings. The Kier molecular flexibility index (Phi) is 4.13. The Balaban J connectivity index is 2.33. The molecule has 0 saturated carbocycles. The predicted molar refractivity (Wildman–Crippen MR) is 72.9 cm³/mol. The van der Waals surface area contributed by atoms with Crippen molar-refractivity contribution >= 4 is 23.4 Å². The molecule has 1 aromatic rings. The smallest absolute Gasteiger partial charge is 0.373 e. The van der Waals surface area contributed by atoms with Gasteiger partial charge in [0.25, 0.3) is 0 Å². The van der Waals surface area contributed by atoms with E-state index in [1.54, 1.807) is 14.1 Å². The fraction of sp³-hybridized carbons (Fsp3) is 0.583. The second-order valence-electron chi connectivity index (χ2n) is 4.48. The van der Waals surface area contributed by atoms with E-state index in [0.717, 1.165) is 30.1 Å². The lowest BCUT2D eigenvalue weighted by Crippen LogP contribution is -2.32. The van der Waals surface area contributed by atoms with E-state index < -0.39 is 11.7 Å². The van der Waals surface area contributed by atoms with Crippen LogP contribution in [0.25, 0.3) is 0 Å². The number of aromatic nitrogens is 1. The summed E-state index contributed by atoms with van der Waals surface area (Å²) in [5.41, 5.74) is -0.667. The van der Waals surface area contributed by atoms with Crippen molar-refractivity contribution in [3.8, 4) is 0 Å². The first-order valence-electron chi connectivity index (χ1n) is 5.99. The molecule has 1 saturated heterocycles. The van der Waals surface area contributed by atoms with Crippen molar-refractivity contribution in [2.75, 3.05) is 35.8 Å². The van der Waals surface area contributed by atoms with Gasteiger partial charge in [-0.3, -0.25) is 0 Å². The van der Waals surface area contributed by atoms with Gasteiger partial charge in [-0.2, -0.15) is 24.9 Å². The monoisotopic (exact) mass is 291 g/mol. The molecule has 0 aliphatic carbocycles. The normalized spacial score (nSPS) is 19.5. The average Bonchev–Trinajstić information content (AvgIpc) is 2.90. The van der Waals surface area contributed by atoms with Gasteiger partial charge in [0.15, 0.2) is 0 Å². The van der Waals surface area contributed by atoms with Crippen molar-refractivity contribution in [3.63, 3.8) is 0 Å². The van der Waals surface area contributed by atoms with Crippen LogP contribution in [0.3, 0.4) is 0 Å². The maximum atomic E-state index is 12.8. The average molecular weight is 291 g/mol. The molecule has 1 fully saturated rings. The summed E-state index contributed by atoms with van der Waals surface area (Å²) >= 11 is 1.82. The minimum absolute atomic E-state index is 0.238. The number of alkyl halides is 3. The number of thioether (sulfide) groups is 1. The highest BCUT2D eigenvalue weighted by Gasteiger charge is 2.32. The fourth-order valence-electron chi connectivity index (χ4n) is 2.00.